The summed E-state index contributed by atoms with van der Waals surface area (Å²) in [4.78, 5) is 79.1. The maximum absolute atomic E-state index is 14.3. The van der Waals surface area contributed by atoms with E-state index in [1.807, 2.05) is 6.92 Å². The number of hydrogen-bond acceptors (Lipinski definition) is 13. The number of pyridine rings is 1. The van der Waals surface area contributed by atoms with E-state index in [0.717, 1.165) is 0 Å². The minimum absolute atomic E-state index is 0.0413. The van der Waals surface area contributed by atoms with Crippen molar-refractivity contribution in [1.82, 2.24) is 43.6 Å². The van der Waals surface area contributed by atoms with Gasteiger partial charge in [0.05, 0.1) is 34.8 Å². The highest BCUT2D eigenvalue weighted by molar-refractivity contribution is 6.09. The second kappa shape index (κ2) is 19.2. The molecule has 0 saturated carbocycles. The van der Waals surface area contributed by atoms with E-state index in [0.29, 0.717) is 53.3 Å². The minimum Gasteiger partial charge on any atom is -0.491 e. The lowest BCUT2D eigenvalue weighted by molar-refractivity contribution is 0.0635. The highest BCUT2D eigenvalue weighted by Gasteiger charge is 2.28. The molecule has 0 bridgehead atoms. The summed E-state index contributed by atoms with van der Waals surface area (Å²) in [7, 11) is 1.57. The van der Waals surface area contributed by atoms with Gasteiger partial charge in [-0.15, -0.1) is 0 Å². The summed E-state index contributed by atoms with van der Waals surface area (Å²) in [6.07, 6.45) is 4.65. The zero-order valence-corrected chi connectivity index (χ0v) is 36.9. The Bertz CT molecular complexity index is 2790. The lowest BCUT2D eigenvalue weighted by Gasteiger charge is -2.20. The van der Waals surface area contributed by atoms with Gasteiger partial charge < -0.3 is 30.2 Å². The van der Waals surface area contributed by atoms with Crippen molar-refractivity contribution in [3.05, 3.63) is 76.5 Å². The average molecular weight is 881 g/mol. The molecule has 0 saturated heterocycles. The van der Waals surface area contributed by atoms with E-state index in [9.17, 15) is 24.0 Å². The van der Waals surface area contributed by atoms with Gasteiger partial charge in [-0.25, -0.2) is 19.7 Å². The van der Waals surface area contributed by atoms with E-state index in [4.69, 9.17) is 30.7 Å². The van der Waals surface area contributed by atoms with Gasteiger partial charge in [-0.2, -0.15) is 10.2 Å². The van der Waals surface area contributed by atoms with Crippen molar-refractivity contribution in [2.75, 3.05) is 36.3 Å². The standard InChI is InChI=1S/C42H52N14O8/c1-9-55-29(18-23(3)51-55)37(59)49-40-47-28-20-26(35(44)58)22-45-36(28)54(40)15-12-11-14-53-32-27(19-25(34(43)57)21-30(32)63-17-13-16-62-8)46-39(53)50-38(60)33-31(24(4)52-56(33)10-2)48-41(61)64-42(5,6)7/h11-12,18-22H,9-10,13-17H2,1-8H3,(H2,43,57)(H2,44,58)(H,48,61)(H,46,50,60)(H,47,49,59)/b12-11+. The topological polar surface area (TPSA) is 285 Å². The third-order valence-electron chi connectivity index (χ3n) is 9.61. The smallest absolute Gasteiger partial charge is 0.412 e. The molecule has 0 aliphatic carbocycles. The van der Waals surface area contributed by atoms with E-state index in [1.54, 1.807) is 80.7 Å². The summed E-state index contributed by atoms with van der Waals surface area (Å²) in [5.74, 6) is -2.05. The number of benzene rings is 1. The van der Waals surface area contributed by atoms with Crippen molar-refractivity contribution in [3.8, 4) is 5.75 Å². The van der Waals surface area contributed by atoms with Crippen LogP contribution in [0.1, 0.15) is 94.1 Å². The van der Waals surface area contributed by atoms with Crippen LogP contribution < -0.4 is 32.2 Å². The van der Waals surface area contributed by atoms with Crippen LogP contribution in [0.4, 0.5) is 22.4 Å². The molecule has 6 rings (SSSR count). The first-order chi connectivity index (χ1) is 30.4. The van der Waals surface area contributed by atoms with Crippen LogP contribution in [0.2, 0.25) is 0 Å². The van der Waals surface area contributed by atoms with Crippen LogP contribution in [0.5, 0.6) is 5.75 Å². The number of amides is 5. The van der Waals surface area contributed by atoms with Gasteiger partial charge in [-0.05, 0) is 72.7 Å². The molecule has 0 aliphatic rings. The van der Waals surface area contributed by atoms with Gasteiger partial charge in [0, 0.05) is 58.1 Å². The Kier molecular flexibility index (Phi) is 13.8. The number of methoxy groups -OCH3 is 1. The van der Waals surface area contributed by atoms with E-state index in [2.05, 4.69) is 36.1 Å². The quantitative estimate of drug-likeness (QED) is 0.0586. The molecular weight excluding hydrogens is 829 g/mol. The second-order valence-electron chi connectivity index (χ2n) is 15.5. The molecule has 5 amide bonds. The predicted molar refractivity (Wildman–Crippen MR) is 236 cm³/mol. The number of imidazole rings is 2. The number of primary amides is 2. The van der Waals surface area contributed by atoms with E-state index in [1.165, 1.54) is 29.1 Å². The average Bonchev–Trinajstić information content (AvgIpc) is 3.97. The summed E-state index contributed by atoms with van der Waals surface area (Å²) >= 11 is 0. The van der Waals surface area contributed by atoms with Gasteiger partial charge in [0.2, 0.25) is 23.7 Å². The van der Waals surface area contributed by atoms with Gasteiger partial charge >= 0.3 is 6.09 Å². The number of nitrogens with zero attached hydrogens (tertiary/aromatic N) is 9. The predicted octanol–water partition coefficient (Wildman–Crippen LogP) is 4.55. The Morgan fingerprint density at radius 3 is 2.08 bits per heavy atom. The fourth-order valence-electron chi connectivity index (χ4n) is 6.81. The van der Waals surface area contributed by atoms with Crippen LogP contribution in [0.15, 0.2) is 42.6 Å². The molecule has 338 valence electrons. The van der Waals surface area contributed by atoms with Crippen LogP contribution in [0, 0.1) is 13.8 Å². The monoisotopic (exact) mass is 880 g/mol. The third kappa shape index (κ3) is 10.2. The summed E-state index contributed by atoms with van der Waals surface area (Å²) < 4.78 is 23.2. The molecule has 22 heteroatoms. The number of hydrogen-bond donors (Lipinski definition) is 5. The molecule has 0 spiro atoms. The molecule has 0 radical (unpaired) electrons. The largest absolute Gasteiger partial charge is 0.491 e. The van der Waals surface area contributed by atoms with Gasteiger partial charge in [-0.1, -0.05) is 12.2 Å². The fourth-order valence-corrected chi connectivity index (χ4v) is 6.81. The Morgan fingerprint density at radius 1 is 0.781 bits per heavy atom. The first kappa shape index (κ1) is 45.9. The molecule has 5 heterocycles. The lowest BCUT2D eigenvalue weighted by Crippen LogP contribution is -2.28. The van der Waals surface area contributed by atoms with Gasteiger partial charge in [0.15, 0.2) is 11.3 Å². The highest BCUT2D eigenvalue weighted by atomic mass is 16.6. The SMILES string of the molecule is CCn1nc(C)cc1C(=O)Nc1nc2cc(C(N)=O)cnc2n1C/C=C/Cn1c(NC(=O)c2c(NC(=O)OC(C)(C)C)c(C)nn2CC)nc2cc(C(N)=O)cc(OCCCOC)c21. The first-order valence-corrected chi connectivity index (χ1v) is 20.4. The van der Waals surface area contributed by atoms with Crippen LogP contribution in [0.3, 0.4) is 0 Å². The third-order valence-corrected chi connectivity index (χ3v) is 9.61. The molecule has 0 atom stereocenters. The number of nitrogens with one attached hydrogen (secondary N) is 3. The highest BCUT2D eigenvalue weighted by Crippen LogP contribution is 2.32. The number of ether oxygens (including phenoxy) is 3. The number of carbonyl (C=O) groups is 5. The normalized spacial score (nSPS) is 11.7. The Labute approximate surface area is 367 Å². The van der Waals surface area contributed by atoms with Gasteiger partial charge in [0.25, 0.3) is 11.8 Å². The van der Waals surface area contributed by atoms with Crippen LogP contribution in [-0.4, -0.2) is 99.3 Å². The molecular formula is C42H52N14O8. The molecule has 6 aromatic rings. The summed E-state index contributed by atoms with van der Waals surface area (Å²) in [6.45, 7) is 13.8. The molecule has 5 aromatic heterocycles. The Morgan fingerprint density at radius 2 is 1.42 bits per heavy atom. The first-order valence-electron chi connectivity index (χ1n) is 20.4. The summed E-state index contributed by atoms with van der Waals surface area (Å²) in [5.41, 5.74) is 13.7. The van der Waals surface area contributed by atoms with Crippen LogP contribution >= 0.6 is 0 Å². The fraction of sp³-hybridized carbons (Fsp3) is 0.381. The van der Waals surface area contributed by atoms with Crippen molar-refractivity contribution in [2.45, 2.75) is 86.7 Å². The zero-order chi connectivity index (χ0) is 46.5. The van der Waals surface area contributed by atoms with Crippen LogP contribution in [0.25, 0.3) is 22.2 Å². The molecule has 22 nitrogen and oxygen atoms in total. The van der Waals surface area contributed by atoms with Crippen molar-refractivity contribution in [1.29, 1.82) is 0 Å². The molecule has 0 fully saturated rings. The number of nitrogens with two attached hydrogens (primary N) is 2. The van der Waals surface area contributed by atoms with Gasteiger partial charge in [0.1, 0.15) is 28.1 Å². The molecule has 7 N–H and O–H groups in total. The number of anilines is 3. The number of allylic oxidation sites excluding steroid dienone is 2. The second-order valence-corrected chi connectivity index (χ2v) is 15.5. The van der Waals surface area contributed by atoms with E-state index in [-0.39, 0.29) is 71.9 Å². The van der Waals surface area contributed by atoms with Crippen molar-refractivity contribution in [2.24, 2.45) is 11.5 Å². The van der Waals surface area contributed by atoms with Crippen LogP contribution in [-0.2, 0) is 35.7 Å². The molecule has 64 heavy (non-hydrogen) atoms. The zero-order valence-electron chi connectivity index (χ0n) is 36.9. The van der Waals surface area contributed by atoms with Crippen molar-refractivity contribution < 1.29 is 38.2 Å². The maximum atomic E-state index is 14.3. The van der Waals surface area contributed by atoms with Crippen molar-refractivity contribution in [3.63, 3.8) is 0 Å². The number of rotatable bonds is 18. The molecule has 0 aliphatic heterocycles. The van der Waals surface area contributed by atoms with Crippen molar-refractivity contribution >= 4 is 69.5 Å². The van der Waals surface area contributed by atoms with E-state index < -0.39 is 35.3 Å². The number of aromatic nitrogens is 9. The maximum Gasteiger partial charge on any atom is 0.412 e. The lowest BCUT2D eigenvalue weighted by atomic mass is 10.1. The molecule has 0 unspecified atom stereocenters. The number of aryl methyl sites for hydroxylation is 4. The minimum atomic E-state index is -0.809. The summed E-state index contributed by atoms with van der Waals surface area (Å²) in [6, 6.07) is 6.16. The Balaban J connectivity index is 1.40. The van der Waals surface area contributed by atoms with E-state index >= 15 is 0 Å². The molecule has 1 aromatic carbocycles. The van der Waals surface area contributed by atoms with Gasteiger partial charge in [-0.3, -0.25) is 49.1 Å². The number of carbonyl (C=O) groups excluding carboxylic acids is 5. The number of fused-ring (bicyclic) bond motifs is 2. The summed E-state index contributed by atoms with van der Waals surface area (Å²) in [5, 5.41) is 17.3. The Hall–Kier alpha value is -7.62.